The number of fused-ring (bicyclic) bond motifs is 1. The van der Waals surface area contributed by atoms with E-state index in [1.807, 2.05) is 0 Å². The molecule has 2 rings (SSSR count). The number of hydrogen-bond acceptors (Lipinski definition) is 2. The Morgan fingerprint density at radius 1 is 1.33 bits per heavy atom. The van der Waals surface area contributed by atoms with Crippen LogP contribution in [0.4, 0.5) is 0 Å². The van der Waals surface area contributed by atoms with Crippen LogP contribution in [0.15, 0.2) is 10.5 Å². The summed E-state index contributed by atoms with van der Waals surface area (Å²) < 4.78 is 0.835. The summed E-state index contributed by atoms with van der Waals surface area (Å²) in [6, 6.07) is 2.11. The van der Waals surface area contributed by atoms with Gasteiger partial charge < -0.3 is 10.8 Å². The van der Waals surface area contributed by atoms with Crippen LogP contribution in [0.3, 0.4) is 0 Å². The van der Waals surface area contributed by atoms with Crippen molar-refractivity contribution in [3.8, 4) is 5.75 Å². The highest BCUT2D eigenvalue weighted by atomic mass is 79.9. The zero-order valence-electron chi connectivity index (χ0n) is 11.0. The Hall–Kier alpha value is -0.540. The number of benzene rings is 1. The number of halogens is 1. The maximum atomic E-state index is 10.4. The minimum absolute atomic E-state index is 0.333. The van der Waals surface area contributed by atoms with Crippen molar-refractivity contribution < 1.29 is 5.11 Å². The fraction of sp³-hybridized carbons (Fsp3) is 0.600. The first-order valence-electron chi connectivity index (χ1n) is 6.88. The molecule has 2 nitrogen and oxygen atoms in total. The van der Waals surface area contributed by atoms with Crippen molar-refractivity contribution >= 4 is 15.9 Å². The standard InChI is InChI=1S/C15H22BrNO/c1-10(7-8-17)14-12-6-4-2-3-5-11(12)9-13(16)15(14)18/h9-10,18H,2-8,17H2,1H3. The average Bonchev–Trinajstić information content (AvgIpc) is 2.56. The quantitative estimate of drug-likeness (QED) is 0.832. The van der Waals surface area contributed by atoms with Crippen molar-refractivity contribution in [1.82, 2.24) is 0 Å². The molecule has 1 aliphatic rings. The minimum Gasteiger partial charge on any atom is -0.506 e. The molecule has 0 aliphatic heterocycles. The van der Waals surface area contributed by atoms with Gasteiger partial charge in [-0.25, -0.2) is 0 Å². The van der Waals surface area contributed by atoms with Crippen LogP contribution in [0, 0.1) is 0 Å². The van der Waals surface area contributed by atoms with Crippen LogP contribution in [-0.4, -0.2) is 11.7 Å². The Bertz CT molecular complexity index is 431. The van der Waals surface area contributed by atoms with Crippen LogP contribution in [0.5, 0.6) is 5.75 Å². The van der Waals surface area contributed by atoms with E-state index in [0.717, 1.165) is 29.3 Å². The number of nitrogens with two attached hydrogens (primary N) is 1. The van der Waals surface area contributed by atoms with Gasteiger partial charge in [-0.15, -0.1) is 0 Å². The molecule has 0 saturated heterocycles. The summed E-state index contributed by atoms with van der Waals surface area (Å²) in [6.45, 7) is 2.83. The van der Waals surface area contributed by atoms with E-state index >= 15 is 0 Å². The molecule has 1 aromatic carbocycles. The Labute approximate surface area is 118 Å². The van der Waals surface area contributed by atoms with Gasteiger partial charge in [0.05, 0.1) is 4.47 Å². The smallest absolute Gasteiger partial charge is 0.133 e. The normalized spacial score (nSPS) is 17.1. The summed E-state index contributed by atoms with van der Waals surface area (Å²) in [5.41, 5.74) is 9.60. The van der Waals surface area contributed by atoms with Gasteiger partial charge in [-0.05, 0) is 77.7 Å². The van der Waals surface area contributed by atoms with Crippen LogP contribution < -0.4 is 5.73 Å². The topological polar surface area (TPSA) is 46.2 Å². The van der Waals surface area contributed by atoms with Crippen LogP contribution >= 0.6 is 15.9 Å². The Morgan fingerprint density at radius 3 is 2.78 bits per heavy atom. The molecule has 0 radical (unpaired) electrons. The van der Waals surface area contributed by atoms with Gasteiger partial charge in [0.2, 0.25) is 0 Å². The van der Waals surface area contributed by atoms with Gasteiger partial charge in [0.25, 0.3) is 0 Å². The van der Waals surface area contributed by atoms with Gasteiger partial charge >= 0.3 is 0 Å². The first-order chi connectivity index (χ1) is 8.65. The van der Waals surface area contributed by atoms with Crippen molar-refractivity contribution in [2.24, 2.45) is 5.73 Å². The van der Waals surface area contributed by atoms with Crippen molar-refractivity contribution in [1.29, 1.82) is 0 Å². The van der Waals surface area contributed by atoms with Crippen LogP contribution in [-0.2, 0) is 12.8 Å². The summed E-state index contributed by atoms with van der Waals surface area (Å²) >= 11 is 3.49. The molecule has 0 spiro atoms. The zero-order valence-corrected chi connectivity index (χ0v) is 12.6. The summed E-state index contributed by atoms with van der Waals surface area (Å²) in [4.78, 5) is 0. The van der Waals surface area contributed by atoms with Crippen molar-refractivity contribution in [3.63, 3.8) is 0 Å². The Morgan fingerprint density at radius 2 is 2.06 bits per heavy atom. The fourth-order valence-corrected chi connectivity index (χ4v) is 3.48. The van der Waals surface area contributed by atoms with E-state index in [1.165, 1.54) is 30.4 Å². The molecule has 0 amide bonds. The lowest BCUT2D eigenvalue weighted by Gasteiger charge is -2.21. The third kappa shape index (κ3) is 2.72. The SMILES string of the molecule is CC(CCN)c1c(O)c(Br)cc2c1CCCCC2. The first-order valence-corrected chi connectivity index (χ1v) is 7.67. The van der Waals surface area contributed by atoms with Crippen molar-refractivity contribution in [2.45, 2.75) is 51.4 Å². The predicted octanol–water partition coefficient (Wildman–Crippen LogP) is 3.88. The van der Waals surface area contributed by atoms with E-state index < -0.39 is 0 Å². The zero-order chi connectivity index (χ0) is 13.1. The maximum absolute atomic E-state index is 10.4. The number of phenolic OH excluding ortho intramolecular Hbond substituents is 1. The Kier molecular flexibility index (Phi) is 4.68. The van der Waals surface area contributed by atoms with Gasteiger partial charge in [0, 0.05) is 5.56 Å². The second-order valence-corrected chi connectivity index (χ2v) is 6.15. The monoisotopic (exact) mass is 311 g/mol. The maximum Gasteiger partial charge on any atom is 0.133 e. The third-order valence-electron chi connectivity index (χ3n) is 3.96. The molecule has 0 fully saturated rings. The van der Waals surface area contributed by atoms with Gasteiger partial charge in [-0.1, -0.05) is 13.3 Å². The molecule has 0 bridgehead atoms. The fourth-order valence-electron chi connectivity index (χ4n) is 2.99. The van der Waals surface area contributed by atoms with E-state index in [0.29, 0.717) is 18.2 Å². The second-order valence-electron chi connectivity index (χ2n) is 5.30. The van der Waals surface area contributed by atoms with Gasteiger partial charge in [0.1, 0.15) is 5.75 Å². The predicted molar refractivity (Wildman–Crippen MR) is 79.2 cm³/mol. The summed E-state index contributed by atoms with van der Waals surface area (Å²) in [6.07, 6.45) is 6.94. The van der Waals surface area contributed by atoms with Gasteiger partial charge in [-0.3, -0.25) is 0 Å². The number of hydrogen-bond donors (Lipinski definition) is 2. The third-order valence-corrected chi connectivity index (χ3v) is 4.56. The lowest BCUT2D eigenvalue weighted by Crippen LogP contribution is -2.09. The number of aryl methyl sites for hydroxylation is 1. The van der Waals surface area contributed by atoms with E-state index in [4.69, 9.17) is 5.73 Å². The Balaban J connectivity index is 2.50. The molecule has 1 unspecified atom stereocenters. The highest BCUT2D eigenvalue weighted by Gasteiger charge is 2.21. The second kappa shape index (κ2) is 6.07. The van der Waals surface area contributed by atoms with Crippen molar-refractivity contribution in [2.75, 3.05) is 6.54 Å². The van der Waals surface area contributed by atoms with Crippen LogP contribution in [0.25, 0.3) is 0 Å². The number of aromatic hydroxyl groups is 1. The molecule has 100 valence electrons. The number of phenols is 1. The molecule has 0 saturated carbocycles. The highest BCUT2D eigenvalue weighted by Crippen LogP contribution is 2.40. The molecule has 1 atom stereocenters. The van der Waals surface area contributed by atoms with Gasteiger partial charge in [0.15, 0.2) is 0 Å². The van der Waals surface area contributed by atoms with Crippen LogP contribution in [0.1, 0.15) is 55.2 Å². The molecule has 3 heteroatoms. The molecule has 3 N–H and O–H groups in total. The lowest BCUT2D eigenvalue weighted by atomic mass is 9.87. The minimum atomic E-state index is 0.333. The van der Waals surface area contributed by atoms with E-state index in [-0.39, 0.29) is 0 Å². The summed E-state index contributed by atoms with van der Waals surface area (Å²) in [5.74, 6) is 0.760. The molecule has 0 heterocycles. The van der Waals surface area contributed by atoms with E-state index in [2.05, 4.69) is 28.9 Å². The lowest BCUT2D eigenvalue weighted by molar-refractivity contribution is 0.455. The van der Waals surface area contributed by atoms with Crippen LogP contribution in [0.2, 0.25) is 0 Å². The van der Waals surface area contributed by atoms with Crippen molar-refractivity contribution in [3.05, 3.63) is 27.2 Å². The largest absolute Gasteiger partial charge is 0.506 e. The molecule has 1 aliphatic carbocycles. The average molecular weight is 312 g/mol. The summed E-state index contributed by atoms with van der Waals surface area (Å²) in [5, 5.41) is 10.4. The molecule has 1 aromatic rings. The van der Waals surface area contributed by atoms with E-state index in [1.54, 1.807) is 0 Å². The van der Waals surface area contributed by atoms with Gasteiger partial charge in [-0.2, -0.15) is 0 Å². The van der Waals surface area contributed by atoms with E-state index in [9.17, 15) is 5.11 Å². The number of rotatable bonds is 3. The molecule has 18 heavy (non-hydrogen) atoms. The first kappa shape index (κ1) is 13.9. The molecular formula is C15H22BrNO. The molecular weight excluding hydrogens is 290 g/mol. The highest BCUT2D eigenvalue weighted by molar-refractivity contribution is 9.10. The molecule has 0 aromatic heterocycles. The summed E-state index contributed by atoms with van der Waals surface area (Å²) in [7, 11) is 0.